The molecule has 1 N–H and O–H groups in total. The van der Waals surface area contributed by atoms with Gasteiger partial charge in [0.15, 0.2) is 0 Å². The Morgan fingerprint density at radius 2 is 1.82 bits per heavy atom. The van der Waals surface area contributed by atoms with Gasteiger partial charge in [-0.3, -0.25) is 0 Å². The third kappa shape index (κ3) is 4.14. The van der Waals surface area contributed by atoms with Crippen LogP contribution in [0.15, 0.2) is 18.2 Å². The molecule has 2 aliphatic rings. The molecule has 28 heavy (non-hydrogen) atoms. The lowest BCUT2D eigenvalue weighted by Gasteiger charge is -2.32. The lowest BCUT2D eigenvalue weighted by atomic mass is 9.78. The van der Waals surface area contributed by atoms with Crippen LogP contribution in [-0.4, -0.2) is 60.8 Å². The summed E-state index contributed by atoms with van der Waals surface area (Å²) in [6, 6.07) is 5.65. The first kappa shape index (κ1) is 21.0. The van der Waals surface area contributed by atoms with Crippen LogP contribution in [0.5, 0.6) is 5.75 Å². The van der Waals surface area contributed by atoms with E-state index in [0.717, 1.165) is 11.0 Å². The largest absolute Gasteiger partial charge is 0.496 e. The summed E-state index contributed by atoms with van der Waals surface area (Å²) in [5.41, 5.74) is 0.822. The van der Waals surface area contributed by atoms with Crippen LogP contribution in [-0.2, 0) is 20.6 Å². The van der Waals surface area contributed by atoms with Gasteiger partial charge in [-0.1, -0.05) is 12.1 Å². The Labute approximate surface area is 167 Å². The van der Waals surface area contributed by atoms with Crippen molar-refractivity contribution in [2.75, 3.05) is 20.3 Å². The van der Waals surface area contributed by atoms with Crippen molar-refractivity contribution in [3.63, 3.8) is 0 Å². The average Bonchev–Trinajstić information content (AvgIpc) is 2.87. The number of nitrogens with zero attached hydrogens (tertiary/aromatic N) is 1. The maximum Gasteiger partial charge on any atom is 0.494 e. The maximum absolute atomic E-state index is 11.8. The van der Waals surface area contributed by atoms with E-state index in [0.29, 0.717) is 31.8 Å². The van der Waals surface area contributed by atoms with Crippen molar-refractivity contribution in [2.24, 2.45) is 0 Å². The Bertz CT molecular complexity index is 701. The Morgan fingerprint density at radius 1 is 1.21 bits per heavy atom. The van der Waals surface area contributed by atoms with Gasteiger partial charge in [-0.15, -0.1) is 0 Å². The fraction of sp³-hybridized carbons (Fsp3) is 0.650. The van der Waals surface area contributed by atoms with E-state index in [-0.39, 0.29) is 12.6 Å². The number of ether oxygens (including phenoxy) is 2. The molecule has 0 radical (unpaired) electrons. The highest BCUT2D eigenvalue weighted by Crippen LogP contribution is 2.37. The molecule has 1 amide bonds. The highest BCUT2D eigenvalue weighted by molar-refractivity contribution is 6.62. The highest BCUT2D eigenvalue weighted by Gasteiger charge is 2.51. The van der Waals surface area contributed by atoms with Crippen LogP contribution in [0, 0.1) is 0 Å². The van der Waals surface area contributed by atoms with Crippen molar-refractivity contribution in [3.05, 3.63) is 23.8 Å². The number of amides is 1. The molecule has 0 aliphatic carbocycles. The summed E-state index contributed by atoms with van der Waals surface area (Å²) in [5, 5.41) is 9.70. The van der Waals surface area contributed by atoms with Gasteiger partial charge >= 0.3 is 13.2 Å². The van der Waals surface area contributed by atoms with Crippen molar-refractivity contribution >= 4 is 18.7 Å². The second-order valence-electron chi connectivity index (χ2n) is 8.41. The molecule has 0 aromatic heterocycles. The van der Waals surface area contributed by atoms with Gasteiger partial charge < -0.3 is 28.8 Å². The standard InChI is InChI=1S/C20H30BNO6/c1-19(2)20(3,4)28-21(27-19)15-7-6-14(17(12-15)25-5)13-22(18(23)24)16-8-10-26-11-9-16/h6-7,12,16H,8-11,13H2,1-5H3,(H,23,24). The molecule has 0 atom stereocenters. The molecule has 0 saturated carbocycles. The van der Waals surface area contributed by atoms with Gasteiger partial charge in [0, 0.05) is 24.8 Å². The Balaban J connectivity index is 1.80. The first-order chi connectivity index (χ1) is 13.1. The van der Waals surface area contributed by atoms with E-state index in [1.54, 1.807) is 7.11 Å². The second-order valence-corrected chi connectivity index (χ2v) is 8.41. The van der Waals surface area contributed by atoms with Crippen LogP contribution < -0.4 is 10.2 Å². The van der Waals surface area contributed by atoms with Gasteiger partial charge in [0.05, 0.1) is 24.9 Å². The fourth-order valence-corrected chi connectivity index (χ4v) is 3.55. The minimum atomic E-state index is -0.927. The zero-order valence-electron chi connectivity index (χ0n) is 17.4. The molecule has 2 aliphatic heterocycles. The Kier molecular flexibility index (Phi) is 5.93. The van der Waals surface area contributed by atoms with E-state index in [1.807, 2.05) is 45.9 Å². The van der Waals surface area contributed by atoms with E-state index in [2.05, 4.69) is 0 Å². The second kappa shape index (κ2) is 7.93. The van der Waals surface area contributed by atoms with Crippen molar-refractivity contribution in [1.29, 1.82) is 0 Å². The first-order valence-corrected chi connectivity index (χ1v) is 9.74. The molecule has 0 bridgehead atoms. The topological polar surface area (TPSA) is 77.5 Å². The molecule has 0 spiro atoms. The van der Waals surface area contributed by atoms with Crippen LogP contribution in [0.2, 0.25) is 0 Å². The summed E-state index contributed by atoms with van der Waals surface area (Å²) in [4.78, 5) is 13.3. The Hall–Kier alpha value is -1.77. The summed E-state index contributed by atoms with van der Waals surface area (Å²) >= 11 is 0. The van der Waals surface area contributed by atoms with Crippen molar-refractivity contribution < 1.29 is 28.7 Å². The normalized spacial score (nSPS) is 21.5. The van der Waals surface area contributed by atoms with Crippen molar-refractivity contribution in [2.45, 2.75) is 64.3 Å². The first-order valence-electron chi connectivity index (χ1n) is 9.74. The fourth-order valence-electron chi connectivity index (χ4n) is 3.55. The summed E-state index contributed by atoms with van der Waals surface area (Å²) in [6.45, 7) is 9.49. The Morgan fingerprint density at radius 3 is 2.36 bits per heavy atom. The number of carboxylic acid groups (broad SMARTS) is 1. The molecule has 1 aromatic carbocycles. The van der Waals surface area contributed by atoms with Crippen LogP contribution in [0.1, 0.15) is 46.1 Å². The SMILES string of the molecule is COc1cc(B2OC(C)(C)C(C)(C)O2)ccc1CN(C(=O)O)C1CCOCC1. The van der Waals surface area contributed by atoms with Gasteiger partial charge in [0.25, 0.3) is 0 Å². The maximum atomic E-state index is 11.8. The van der Waals surface area contributed by atoms with Crippen molar-refractivity contribution in [1.82, 2.24) is 4.90 Å². The summed E-state index contributed by atoms with van der Waals surface area (Å²) in [5.74, 6) is 0.630. The smallest absolute Gasteiger partial charge is 0.494 e. The molecule has 2 heterocycles. The summed E-state index contributed by atoms with van der Waals surface area (Å²) in [6.07, 6.45) is 0.491. The van der Waals surface area contributed by atoms with Gasteiger partial charge in [-0.2, -0.15) is 0 Å². The van der Waals surface area contributed by atoms with Crippen LogP contribution in [0.3, 0.4) is 0 Å². The predicted octanol–water partition coefficient (Wildman–Crippen LogP) is 2.65. The highest BCUT2D eigenvalue weighted by atomic mass is 16.7. The van der Waals surface area contributed by atoms with Crippen molar-refractivity contribution in [3.8, 4) is 5.75 Å². The number of hydrogen-bond acceptors (Lipinski definition) is 5. The molecule has 2 saturated heterocycles. The molecule has 0 unspecified atom stereocenters. The number of carbonyl (C=O) groups is 1. The van der Waals surface area contributed by atoms with Crippen LogP contribution in [0.4, 0.5) is 4.79 Å². The summed E-state index contributed by atoms with van der Waals surface area (Å²) < 4.78 is 23.1. The lowest BCUT2D eigenvalue weighted by molar-refractivity contribution is 0.00578. The molecule has 3 rings (SSSR count). The minimum Gasteiger partial charge on any atom is -0.496 e. The molecule has 2 fully saturated rings. The molecule has 1 aromatic rings. The lowest BCUT2D eigenvalue weighted by Crippen LogP contribution is -2.42. The quantitative estimate of drug-likeness (QED) is 0.778. The van der Waals surface area contributed by atoms with Gasteiger partial charge in [-0.25, -0.2) is 4.79 Å². The summed E-state index contributed by atoms with van der Waals surface area (Å²) in [7, 11) is 1.10. The third-order valence-corrected chi connectivity index (χ3v) is 6.05. The van der Waals surface area contributed by atoms with Crippen LogP contribution in [0.25, 0.3) is 0 Å². The third-order valence-electron chi connectivity index (χ3n) is 6.05. The van der Waals surface area contributed by atoms with E-state index >= 15 is 0 Å². The number of hydrogen-bond donors (Lipinski definition) is 1. The van der Waals surface area contributed by atoms with Gasteiger partial charge in [0.1, 0.15) is 5.75 Å². The van der Waals surface area contributed by atoms with Crippen LogP contribution >= 0.6 is 0 Å². The van der Waals surface area contributed by atoms with Gasteiger partial charge in [-0.05, 0) is 52.1 Å². The number of benzene rings is 1. The molecular weight excluding hydrogens is 361 g/mol. The van der Waals surface area contributed by atoms with E-state index in [4.69, 9.17) is 18.8 Å². The van der Waals surface area contributed by atoms with Gasteiger partial charge in [0.2, 0.25) is 0 Å². The zero-order chi connectivity index (χ0) is 20.5. The predicted molar refractivity (Wildman–Crippen MR) is 106 cm³/mol. The van der Waals surface area contributed by atoms with E-state index in [9.17, 15) is 9.90 Å². The molecular formula is C20H30BNO6. The monoisotopic (exact) mass is 391 g/mol. The molecule has 8 heteroatoms. The zero-order valence-corrected chi connectivity index (χ0v) is 17.4. The molecule has 7 nitrogen and oxygen atoms in total. The minimum absolute atomic E-state index is 0.0428. The van der Waals surface area contributed by atoms with E-state index in [1.165, 1.54) is 4.90 Å². The van der Waals surface area contributed by atoms with E-state index < -0.39 is 24.4 Å². The molecule has 154 valence electrons. The number of rotatable bonds is 5. The average molecular weight is 391 g/mol. The number of methoxy groups -OCH3 is 1.